The third-order valence-electron chi connectivity index (χ3n) is 8.37. The van der Waals surface area contributed by atoms with E-state index in [9.17, 15) is 36.2 Å². The minimum atomic E-state index is -5.67. The summed E-state index contributed by atoms with van der Waals surface area (Å²) >= 11 is 0. The number of carbonyl (C=O) groups is 1. The summed E-state index contributed by atoms with van der Waals surface area (Å²) in [5.41, 5.74) is 1.79. The van der Waals surface area contributed by atoms with Gasteiger partial charge in [0.1, 0.15) is 23.1 Å². The molecule has 15 heteroatoms. The maximum atomic E-state index is 14.2. The molecule has 9 nitrogen and oxygen atoms in total. The lowest BCUT2D eigenvalue weighted by atomic mass is 9.98. The van der Waals surface area contributed by atoms with Gasteiger partial charge in [0.15, 0.2) is 5.82 Å². The molecule has 4 heterocycles. The van der Waals surface area contributed by atoms with Crippen molar-refractivity contribution in [3.8, 4) is 17.3 Å². The number of nitrogens with two attached hydrogens (primary N) is 1. The number of alkyl halides is 6. The molecular weight excluding hydrogens is 594 g/mol. The quantitative estimate of drug-likeness (QED) is 0.293. The normalized spacial score (nSPS) is 20.9. The van der Waals surface area contributed by atoms with E-state index in [0.717, 1.165) is 18.9 Å². The van der Waals surface area contributed by atoms with Crippen molar-refractivity contribution in [2.75, 3.05) is 20.2 Å². The molecule has 44 heavy (non-hydrogen) atoms. The summed E-state index contributed by atoms with van der Waals surface area (Å²) in [7, 11) is 3.12. The van der Waals surface area contributed by atoms with E-state index in [1.165, 1.54) is 24.1 Å². The first-order valence-corrected chi connectivity index (χ1v) is 14.0. The second-order valence-corrected chi connectivity index (χ2v) is 11.6. The Morgan fingerprint density at radius 1 is 1.16 bits per heavy atom. The van der Waals surface area contributed by atoms with E-state index >= 15 is 0 Å². The molecule has 3 aromatic heterocycles. The molecule has 236 valence electrons. The number of aryl methyl sites for hydroxylation is 1. The van der Waals surface area contributed by atoms with Crippen LogP contribution in [0.5, 0.6) is 5.75 Å². The summed E-state index contributed by atoms with van der Waals surface area (Å²) in [6.07, 6.45) is -9.19. The fourth-order valence-corrected chi connectivity index (χ4v) is 5.89. The van der Waals surface area contributed by atoms with Crippen LogP contribution >= 0.6 is 0 Å². The first kappa shape index (κ1) is 30.2. The molecule has 1 amide bonds. The summed E-state index contributed by atoms with van der Waals surface area (Å²) in [5, 5.41) is 10.5. The average molecular weight is 625 g/mol. The van der Waals surface area contributed by atoms with E-state index in [1.54, 1.807) is 28.3 Å². The highest BCUT2D eigenvalue weighted by Crippen LogP contribution is 2.44. The number of imidazole rings is 1. The zero-order chi connectivity index (χ0) is 31.7. The molecule has 1 aromatic carbocycles. The lowest BCUT2D eigenvalue weighted by Crippen LogP contribution is -2.50. The zero-order valence-corrected chi connectivity index (χ0v) is 23.8. The number of nitrogens with zero attached hydrogens (tertiary/aromatic N) is 5. The zero-order valence-electron chi connectivity index (χ0n) is 23.8. The third-order valence-corrected chi connectivity index (χ3v) is 8.37. The average Bonchev–Trinajstić information content (AvgIpc) is 3.63. The number of hydrogen-bond donors (Lipinski definition) is 2. The van der Waals surface area contributed by atoms with Crippen molar-refractivity contribution < 1.29 is 41.0 Å². The van der Waals surface area contributed by atoms with E-state index in [-0.39, 0.29) is 36.6 Å². The van der Waals surface area contributed by atoms with Crippen LogP contribution in [0.4, 0.5) is 26.3 Å². The Morgan fingerprint density at radius 3 is 2.50 bits per heavy atom. The Labute approximate surface area is 247 Å². The van der Waals surface area contributed by atoms with Crippen LogP contribution in [0, 0.1) is 5.92 Å². The van der Waals surface area contributed by atoms with Gasteiger partial charge in [0.25, 0.3) is 17.9 Å². The number of amides is 1. The summed E-state index contributed by atoms with van der Waals surface area (Å²) in [6, 6.07) is 6.18. The lowest BCUT2D eigenvalue weighted by molar-refractivity contribution is -0.307. The van der Waals surface area contributed by atoms with Crippen molar-refractivity contribution in [1.29, 1.82) is 0 Å². The van der Waals surface area contributed by atoms with Crippen molar-refractivity contribution in [2.24, 2.45) is 18.7 Å². The molecule has 6 rings (SSSR count). The van der Waals surface area contributed by atoms with Crippen LogP contribution < -0.4 is 10.5 Å². The highest BCUT2D eigenvalue weighted by Gasteiger charge is 2.63. The molecule has 2 fully saturated rings. The molecule has 2 aliphatic rings. The molecule has 0 radical (unpaired) electrons. The molecule has 3 atom stereocenters. The Hall–Kier alpha value is -3.85. The maximum absolute atomic E-state index is 14.2. The minimum Gasteiger partial charge on any atom is -0.494 e. The standard InChI is InChI=1S/C29H30F6N6O3/c1-39-23-19(7-16(9-21(23)44-2)26(42)40-12-17(30)10-18(36)13-40)37-25(39)20-8-15-5-6-22(28(43,27(31)32)29(33,34)35)38-24(15)41(20)11-14-3-4-14/h5-9,14,17-18,27,43H,3-4,10-13,36H2,1-2H3/t17-,18-,28?/m1/s1. The van der Waals surface area contributed by atoms with Gasteiger partial charge in [-0.15, -0.1) is 0 Å². The molecule has 0 bridgehead atoms. The number of carbonyl (C=O) groups excluding carboxylic acids is 1. The molecule has 1 saturated carbocycles. The predicted molar refractivity (Wildman–Crippen MR) is 148 cm³/mol. The highest BCUT2D eigenvalue weighted by molar-refractivity contribution is 6.00. The summed E-state index contributed by atoms with van der Waals surface area (Å²) in [6.45, 7) is 0.433. The number of ether oxygens (including phenoxy) is 1. The van der Waals surface area contributed by atoms with Crippen LogP contribution in [0.25, 0.3) is 33.6 Å². The number of likely N-dealkylation sites (tertiary alicyclic amines) is 1. The second kappa shape index (κ2) is 10.6. The molecule has 1 aliphatic heterocycles. The van der Waals surface area contributed by atoms with Gasteiger partial charge in [-0.2, -0.15) is 13.2 Å². The summed E-state index contributed by atoms with van der Waals surface area (Å²) < 4.78 is 91.4. The van der Waals surface area contributed by atoms with Crippen LogP contribution in [-0.2, 0) is 19.2 Å². The van der Waals surface area contributed by atoms with Gasteiger partial charge in [0, 0.05) is 37.1 Å². The fraction of sp³-hybridized carbons (Fsp3) is 0.483. The maximum Gasteiger partial charge on any atom is 0.428 e. The first-order valence-electron chi connectivity index (χ1n) is 14.0. The number of rotatable bonds is 7. The molecule has 0 spiro atoms. The molecule has 1 unspecified atom stereocenters. The Balaban J connectivity index is 1.49. The monoisotopic (exact) mass is 624 g/mol. The van der Waals surface area contributed by atoms with Crippen LogP contribution in [0.1, 0.15) is 35.3 Å². The van der Waals surface area contributed by atoms with E-state index in [0.29, 0.717) is 40.2 Å². The molecular formula is C29H30F6N6O3. The van der Waals surface area contributed by atoms with Gasteiger partial charge in [-0.25, -0.2) is 23.1 Å². The second-order valence-electron chi connectivity index (χ2n) is 11.6. The minimum absolute atomic E-state index is 0.00942. The van der Waals surface area contributed by atoms with Gasteiger partial charge in [-0.1, -0.05) is 0 Å². The number of aliphatic hydroxyl groups is 1. The number of fused-ring (bicyclic) bond motifs is 2. The van der Waals surface area contributed by atoms with Gasteiger partial charge >= 0.3 is 6.18 Å². The Kier molecular flexibility index (Phi) is 7.31. The number of methoxy groups -OCH3 is 1. The Morgan fingerprint density at radius 2 is 1.89 bits per heavy atom. The SMILES string of the molecule is COc1cc(C(=O)N2C[C@H](N)C[C@@H](F)C2)cc2nc(-c3cc4ccc(C(O)(C(F)F)C(F)(F)F)nc4n3CC3CC3)n(C)c12. The van der Waals surface area contributed by atoms with E-state index in [2.05, 4.69) is 4.98 Å². The number of pyridine rings is 1. The van der Waals surface area contributed by atoms with E-state index < -0.39 is 42.0 Å². The van der Waals surface area contributed by atoms with Crippen LogP contribution in [0.15, 0.2) is 30.3 Å². The van der Waals surface area contributed by atoms with Gasteiger partial charge in [-0.05, 0) is 55.5 Å². The molecule has 4 aromatic rings. The van der Waals surface area contributed by atoms with E-state index in [1.807, 2.05) is 0 Å². The predicted octanol–water partition coefficient (Wildman–Crippen LogP) is 4.53. The highest BCUT2D eigenvalue weighted by atomic mass is 19.4. The number of halogens is 6. The van der Waals surface area contributed by atoms with E-state index in [4.69, 9.17) is 15.5 Å². The molecule has 3 N–H and O–H groups in total. The van der Waals surface area contributed by atoms with Crippen LogP contribution in [-0.4, -0.2) is 80.0 Å². The van der Waals surface area contributed by atoms with Crippen LogP contribution in [0.2, 0.25) is 0 Å². The van der Waals surface area contributed by atoms with Crippen molar-refractivity contribution in [3.05, 3.63) is 41.6 Å². The number of hydrogen-bond acceptors (Lipinski definition) is 6. The van der Waals surface area contributed by atoms with Crippen molar-refractivity contribution in [3.63, 3.8) is 0 Å². The number of aromatic nitrogens is 4. The first-order chi connectivity index (χ1) is 20.7. The largest absolute Gasteiger partial charge is 0.494 e. The van der Waals surface area contributed by atoms with Crippen molar-refractivity contribution in [1.82, 2.24) is 24.0 Å². The molecule has 1 aliphatic carbocycles. The topological polar surface area (TPSA) is 111 Å². The molecule has 1 saturated heterocycles. The van der Waals surface area contributed by atoms with Crippen LogP contribution in [0.3, 0.4) is 0 Å². The fourth-order valence-electron chi connectivity index (χ4n) is 5.89. The number of piperidine rings is 1. The Bertz CT molecular complexity index is 1740. The lowest BCUT2D eigenvalue weighted by Gasteiger charge is -2.33. The van der Waals surface area contributed by atoms with Gasteiger partial charge < -0.3 is 29.6 Å². The van der Waals surface area contributed by atoms with Gasteiger partial charge in [0.05, 0.1) is 30.6 Å². The third kappa shape index (κ3) is 4.95. The van der Waals surface area contributed by atoms with Crippen molar-refractivity contribution >= 4 is 28.0 Å². The summed E-state index contributed by atoms with van der Waals surface area (Å²) in [5.74, 6) is 0.413. The number of benzene rings is 1. The smallest absolute Gasteiger partial charge is 0.428 e. The van der Waals surface area contributed by atoms with Gasteiger partial charge in [0.2, 0.25) is 0 Å². The van der Waals surface area contributed by atoms with Crippen molar-refractivity contribution in [2.45, 2.75) is 56.2 Å². The summed E-state index contributed by atoms with van der Waals surface area (Å²) in [4.78, 5) is 23.4. The van der Waals surface area contributed by atoms with Gasteiger partial charge in [-0.3, -0.25) is 4.79 Å².